The molecule has 10 atom stereocenters. The third-order valence-electron chi connectivity index (χ3n) is 7.33. The van der Waals surface area contributed by atoms with Gasteiger partial charge in [0.25, 0.3) is 0 Å². The van der Waals surface area contributed by atoms with E-state index in [0.29, 0.717) is 17.4 Å². The summed E-state index contributed by atoms with van der Waals surface area (Å²) in [4.78, 5) is 0. The molecular formula is C21H36O8. The first-order valence-electron chi connectivity index (χ1n) is 10.6. The fraction of sp³-hybridized carbons (Fsp3) is 0.905. The molecule has 2 aliphatic carbocycles. The zero-order chi connectivity index (χ0) is 21.5. The lowest BCUT2D eigenvalue weighted by Crippen LogP contribution is -2.61. The summed E-state index contributed by atoms with van der Waals surface area (Å²) in [6.45, 7) is 5.51. The van der Waals surface area contributed by atoms with E-state index < -0.39 is 49.0 Å². The Morgan fingerprint density at radius 3 is 2.41 bits per heavy atom. The molecule has 1 saturated heterocycles. The van der Waals surface area contributed by atoms with Crippen molar-refractivity contribution in [3.8, 4) is 0 Å². The molecule has 0 spiro atoms. The fourth-order valence-corrected chi connectivity index (χ4v) is 5.32. The van der Waals surface area contributed by atoms with E-state index in [-0.39, 0.29) is 24.9 Å². The molecule has 0 aromatic rings. The maximum absolute atomic E-state index is 11.6. The number of fused-ring (bicyclic) bond motifs is 1. The van der Waals surface area contributed by atoms with Crippen LogP contribution in [0.1, 0.15) is 40.0 Å². The molecule has 3 rings (SSSR count). The number of ether oxygens (including phenoxy) is 2. The predicted molar refractivity (Wildman–Crippen MR) is 104 cm³/mol. The van der Waals surface area contributed by atoms with Crippen LogP contribution in [0.4, 0.5) is 0 Å². The smallest absolute Gasteiger partial charge is 0.187 e. The summed E-state index contributed by atoms with van der Waals surface area (Å²) in [5, 5.41) is 61.2. The Labute approximate surface area is 171 Å². The van der Waals surface area contributed by atoms with Gasteiger partial charge in [0, 0.05) is 12.3 Å². The topological polar surface area (TPSA) is 140 Å². The van der Waals surface area contributed by atoms with Gasteiger partial charge in [0.05, 0.1) is 24.9 Å². The van der Waals surface area contributed by atoms with E-state index in [2.05, 4.69) is 13.8 Å². The number of rotatable bonds is 5. The second kappa shape index (κ2) is 8.88. The van der Waals surface area contributed by atoms with Crippen LogP contribution in [0.25, 0.3) is 0 Å². The summed E-state index contributed by atoms with van der Waals surface area (Å²) < 4.78 is 11.4. The normalized spacial score (nSPS) is 48.3. The van der Waals surface area contributed by atoms with E-state index in [0.717, 1.165) is 12.8 Å². The van der Waals surface area contributed by atoms with Gasteiger partial charge in [0.1, 0.15) is 24.4 Å². The summed E-state index contributed by atoms with van der Waals surface area (Å²) in [6, 6.07) is 0. The molecule has 168 valence electrons. The number of hydrogen-bond donors (Lipinski definition) is 6. The lowest BCUT2D eigenvalue weighted by Gasteiger charge is -2.53. The molecule has 8 nitrogen and oxygen atoms in total. The van der Waals surface area contributed by atoms with E-state index in [1.165, 1.54) is 0 Å². The molecule has 2 fully saturated rings. The molecule has 29 heavy (non-hydrogen) atoms. The number of aliphatic hydroxyl groups excluding tert-OH is 5. The van der Waals surface area contributed by atoms with Crippen molar-refractivity contribution in [3.05, 3.63) is 11.6 Å². The van der Waals surface area contributed by atoms with E-state index in [4.69, 9.17) is 9.47 Å². The molecular weight excluding hydrogens is 380 g/mol. The van der Waals surface area contributed by atoms with Crippen LogP contribution in [0.3, 0.4) is 0 Å². The van der Waals surface area contributed by atoms with Crippen molar-refractivity contribution in [2.24, 2.45) is 23.7 Å². The summed E-state index contributed by atoms with van der Waals surface area (Å²) in [5.41, 5.74) is -0.402. The zero-order valence-electron chi connectivity index (χ0n) is 17.4. The second-order valence-electron chi connectivity index (χ2n) is 9.33. The zero-order valence-corrected chi connectivity index (χ0v) is 17.4. The molecule has 1 saturated carbocycles. The predicted octanol–water partition coefficient (Wildman–Crippen LogP) is -0.457. The lowest BCUT2D eigenvalue weighted by atomic mass is 9.57. The molecule has 0 unspecified atom stereocenters. The first-order chi connectivity index (χ1) is 13.6. The Morgan fingerprint density at radius 2 is 1.83 bits per heavy atom. The third-order valence-corrected chi connectivity index (χ3v) is 7.33. The van der Waals surface area contributed by atoms with Crippen molar-refractivity contribution >= 4 is 0 Å². The average molecular weight is 417 g/mol. The van der Waals surface area contributed by atoms with Gasteiger partial charge in [-0.2, -0.15) is 0 Å². The minimum Gasteiger partial charge on any atom is -0.394 e. The minimum atomic E-state index is -1.54. The van der Waals surface area contributed by atoms with Crippen LogP contribution in [0, 0.1) is 23.7 Å². The Balaban J connectivity index is 1.85. The summed E-state index contributed by atoms with van der Waals surface area (Å²) in [5.74, 6) is 0.632. The van der Waals surface area contributed by atoms with Crippen molar-refractivity contribution in [1.82, 2.24) is 0 Å². The van der Waals surface area contributed by atoms with Gasteiger partial charge < -0.3 is 40.1 Å². The van der Waals surface area contributed by atoms with Gasteiger partial charge in [-0.05, 0) is 36.2 Å². The molecule has 0 amide bonds. The molecule has 0 aromatic heterocycles. The van der Waals surface area contributed by atoms with Gasteiger partial charge in [-0.25, -0.2) is 0 Å². The Hall–Kier alpha value is -0.580. The Morgan fingerprint density at radius 1 is 1.14 bits per heavy atom. The van der Waals surface area contributed by atoms with Gasteiger partial charge >= 0.3 is 0 Å². The summed E-state index contributed by atoms with van der Waals surface area (Å²) >= 11 is 0. The molecule has 0 aromatic carbocycles. The van der Waals surface area contributed by atoms with E-state index in [9.17, 15) is 30.6 Å². The van der Waals surface area contributed by atoms with Gasteiger partial charge in [-0.15, -0.1) is 0 Å². The van der Waals surface area contributed by atoms with Crippen molar-refractivity contribution in [1.29, 1.82) is 0 Å². The monoisotopic (exact) mass is 416 g/mol. The minimum absolute atomic E-state index is 0.0416. The molecule has 0 bridgehead atoms. The Kier molecular flexibility index (Phi) is 7.07. The first-order valence-corrected chi connectivity index (χ1v) is 10.6. The molecule has 0 radical (unpaired) electrons. The lowest BCUT2D eigenvalue weighted by molar-refractivity contribution is -0.313. The Bertz CT molecular complexity index is 593. The highest BCUT2D eigenvalue weighted by molar-refractivity contribution is 5.23. The highest BCUT2D eigenvalue weighted by Crippen LogP contribution is 2.51. The van der Waals surface area contributed by atoms with Crippen molar-refractivity contribution in [3.63, 3.8) is 0 Å². The quantitative estimate of drug-likeness (QED) is 0.331. The van der Waals surface area contributed by atoms with Crippen LogP contribution in [0.5, 0.6) is 0 Å². The van der Waals surface area contributed by atoms with Crippen LogP contribution < -0.4 is 0 Å². The molecule has 8 heteroatoms. The van der Waals surface area contributed by atoms with Crippen LogP contribution in [-0.2, 0) is 9.47 Å². The van der Waals surface area contributed by atoms with E-state index in [1.54, 1.807) is 0 Å². The van der Waals surface area contributed by atoms with Gasteiger partial charge in [-0.1, -0.05) is 26.8 Å². The number of hydrogen-bond acceptors (Lipinski definition) is 8. The maximum Gasteiger partial charge on any atom is 0.187 e. The van der Waals surface area contributed by atoms with Crippen LogP contribution in [-0.4, -0.2) is 86.3 Å². The van der Waals surface area contributed by atoms with Gasteiger partial charge in [0.2, 0.25) is 0 Å². The van der Waals surface area contributed by atoms with Crippen LogP contribution in [0.2, 0.25) is 0 Å². The second-order valence-corrected chi connectivity index (χ2v) is 9.33. The summed E-state index contributed by atoms with van der Waals surface area (Å²) in [6.07, 6.45) is -3.54. The van der Waals surface area contributed by atoms with Crippen molar-refractivity contribution in [2.45, 2.75) is 82.4 Å². The first kappa shape index (κ1) is 23.1. The largest absolute Gasteiger partial charge is 0.394 e. The molecule has 1 heterocycles. The van der Waals surface area contributed by atoms with E-state index in [1.807, 2.05) is 13.0 Å². The van der Waals surface area contributed by atoms with Gasteiger partial charge in [-0.3, -0.25) is 0 Å². The molecule has 3 aliphatic rings. The molecule has 6 N–H and O–H groups in total. The molecule has 1 aliphatic heterocycles. The fourth-order valence-electron chi connectivity index (χ4n) is 5.32. The highest BCUT2D eigenvalue weighted by atomic mass is 16.7. The third kappa shape index (κ3) is 4.14. The van der Waals surface area contributed by atoms with Crippen LogP contribution >= 0.6 is 0 Å². The van der Waals surface area contributed by atoms with E-state index >= 15 is 0 Å². The summed E-state index contributed by atoms with van der Waals surface area (Å²) in [7, 11) is 0. The SMILES string of the molecule is CC(C)[C@H]1CC[C@H](C)[C@]2(O)C[C@@H](O[C@H]3O[C@@H](CO)[C@H](O)[C@@H](O)[C@@H]3O)C(CO)=C[C@H]12. The number of aliphatic hydroxyl groups is 6. The van der Waals surface area contributed by atoms with Crippen LogP contribution in [0.15, 0.2) is 11.6 Å². The average Bonchev–Trinajstić information content (AvgIpc) is 2.68. The standard InChI is InChI=1S/C21H36O8/c1-10(2)13-5-4-11(3)21(27)7-15(12(8-22)6-14(13)21)28-20-19(26)18(25)17(24)16(9-23)29-20/h6,10-11,13-20,22-27H,4-5,7-9H2,1-3H3/t11-,13+,14+,15+,16-,17-,18+,19-,20-,21+/m0/s1. The highest BCUT2D eigenvalue weighted by Gasteiger charge is 2.53. The van der Waals surface area contributed by atoms with Crippen molar-refractivity contribution in [2.75, 3.05) is 13.2 Å². The maximum atomic E-state index is 11.6. The van der Waals surface area contributed by atoms with Gasteiger partial charge in [0.15, 0.2) is 6.29 Å². The van der Waals surface area contributed by atoms with Crippen molar-refractivity contribution < 1.29 is 40.1 Å².